The van der Waals surface area contributed by atoms with Crippen molar-refractivity contribution in [1.29, 1.82) is 0 Å². The standard InChI is InChI=1S/C13H13ClFN3O2/c1-3-11-12(13(19)20-2)16-17-18(11)7-8-4-5-9(14)6-10(8)15/h4-6H,3,7H2,1-2H3. The van der Waals surface area contributed by atoms with E-state index in [1.165, 1.54) is 17.9 Å². The number of benzene rings is 1. The van der Waals surface area contributed by atoms with Crippen molar-refractivity contribution in [3.05, 3.63) is 46.0 Å². The van der Waals surface area contributed by atoms with Gasteiger partial charge in [-0.25, -0.2) is 13.9 Å². The summed E-state index contributed by atoms with van der Waals surface area (Å²) in [4.78, 5) is 11.5. The van der Waals surface area contributed by atoms with E-state index < -0.39 is 11.8 Å². The molecule has 0 unspecified atom stereocenters. The van der Waals surface area contributed by atoms with Gasteiger partial charge in [0, 0.05) is 10.6 Å². The maximum atomic E-state index is 13.8. The Hall–Kier alpha value is -1.95. The fourth-order valence-corrected chi connectivity index (χ4v) is 2.04. The maximum Gasteiger partial charge on any atom is 0.360 e. The third-order valence-corrected chi connectivity index (χ3v) is 3.12. The molecule has 0 amide bonds. The number of halogens is 2. The number of carbonyl (C=O) groups excluding carboxylic acids is 1. The largest absolute Gasteiger partial charge is 0.464 e. The van der Waals surface area contributed by atoms with Crippen LogP contribution in [0.2, 0.25) is 5.02 Å². The van der Waals surface area contributed by atoms with Crippen molar-refractivity contribution in [2.75, 3.05) is 7.11 Å². The Labute approximate surface area is 120 Å². The van der Waals surface area contributed by atoms with E-state index in [9.17, 15) is 9.18 Å². The molecule has 0 fully saturated rings. The van der Waals surface area contributed by atoms with Crippen LogP contribution in [-0.2, 0) is 17.7 Å². The molecule has 2 aromatic rings. The van der Waals surface area contributed by atoms with E-state index in [-0.39, 0.29) is 12.2 Å². The van der Waals surface area contributed by atoms with Gasteiger partial charge in [-0.1, -0.05) is 29.8 Å². The van der Waals surface area contributed by atoms with Crippen LogP contribution in [0.4, 0.5) is 4.39 Å². The number of esters is 1. The van der Waals surface area contributed by atoms with Gasteiger partial charge < -0.3 is 4.74 Å². The second-order valence-electron chi connectivity index (χ2n) is 4.12. The lowest BCUT2D eigenvalue weighted by Gasteiger charge is -2.07. The van der Waals surface area contributed by atoms with Crippen molar-refractivity contribution in [2.45, 2.75) is 19.9 Å². The van der Waals surface area contributed by atoms with Crippen LogP contribution < -0.4 is 0 Å². The number of ether oxygens (including phenoxy) is 1. The molecule has 1 aromatic carbocycles. The van der Waals surface area contributed by atoms with E-state index in [0.717, 1.165) is 0 Å². The van der Waals surface area contributed by atoms with Gasteiger partial charge in [-0.05, 0) is 18.6 Å². The van der Waals surface area contributed by atoms with Crippen LogP contribution in [0.1, 0.15) is 28.7 Å². The predicted octanol–water partition coefficient (Wildman–Crippen LogP) is 2.47. The van der Waals surface area contributed by atoms with E-state index in [1.807, 2.05) is 6.92 Å². The van der Waals surface area contributed by atoms with Crippen LogP contribution >= 0.6 is 11.6 Å². The molecule has 0 saturated heterocycles. The van der Waals surface area contributed by atoms with E-state index in [2.05, 4.69) is 15.0 Å². The monoisotopic (exact) mass is 297 g/mol. The van der Waals surface area contributed by atoms with Crippen LogP contribution in [0.5, 0.6) is 0 Å². The second-order valence-corrected chi connectivity index (χ2v) is 4.56. The molecule has 0 aliphatic carbocycles. The Morgan fingerprint density at radius 3 is 2.85 bits per heavy atom. The first-order valence-electron chi connectivity index (χ1n) is 6.01. The highest BCUT2D eigenvalue weighted by Gasteiger charge is 2.19. The van der Waals surface area contributed by atoms with Crippen molar-refractivity contribution < 1.29 is 13.9 Å². The minimum Gasteiger partial charge on any atom is -0.464 e. The third-order valence-electron chi connectivity index (χ3n) is 2.89. The molecule has 0 radical (unpaired) electrons. The Morgan fingerprint density at radius 2 is 2.25 bits per heavy atom. The third kappa shape index (κ3) is 2.80. The molecule has 0 N–H and O–H groups in total. The molecule has 0 aliphatic rings. The molecule has 0 bridgehead atoms. The average molecular weight is 298 g/mol. The highest BCUT2D eigenvalue weighted by Crippen LogP contribution is 2.17. The van der Waals surface area contributed by atoms with Crippen LogP contribution in [-0.4, -0.2) is 28.1 Å². The molecule has 2 rings (SSSR count). The predicted molar refractivity (Wildman–Crippen MR) is 71.3 cm³/mol. The van der Waals surface area contributed by atoms with Gasteiger partial charge in [0.2, 0.25) is 0 Å². The number of nitrogens with zero attached hydrogens (tertiary/aromatic N) is 3. The topological polar surface area (TPSA) is 57.0 Å². The summed E-state index contributed by atoms with van der Waals surface area (Å²) in [5, 5.41) is 8.00. The first-order chi connectivity index (χ1) is 9.56. The molecular weight excluding hydrogens is 285 g/mol. The van der Waals surface area contributed by atoms with Crippen LogP contribution in [0.25, 0.3) is 0 Å². The van der Waals surface area contributed by atoms with Crippen LogP contribution in [0, 0.1) is 5.82 Å². The maximum absolute atomic E-state index is 13.8. The number of rotatable bonds is 4. The quantitative estimate of drug-likeness (QED) is 0.814. The molecule has 0 spiro atoms. The van der Waals surface area contributed by atoms with Gasteiger partial charge in [-0.3, -0.25) is 0 Å². The van der Waals surface area contributed by atoms with Gasteiger partial charge in [0.15, 0.2) is 5.69 Å². The second kappa shape index (κ2) is 6.00. The summed E-state index contributed by atoms with van der Waals surface area (Å²) >= 11 is 5.71. The van der Waals surface area contributed by atoms with Gasteiger partial charge in [0.25, 0.3) is 0 Å². The Morgan fingerprint density at radius 1 is 1.50 bits per heavy atom. The van der Waals surface area contributed by atoms with E-state index in [4.69, 9.17) is 11.6 Å². The zero-order chi connectivity index (χ0) is 14.7. The number of hydrogen-bond donors (Lipinski definition) is 0. The van der Waals surface area contributed by atoms with Gasteiger partial charge in [-0.2, -0.15) is 0 Å². The molecule has 1 heterocycles. The highest BCUT2D eigenvalue weighted by atomic mass is 35.5. The lowest BCUT2D eigenvalue weighted by molar-refractivity contribution is 0.0592. The van der Waals surface area contributed by atoms with E-state index in [0.29, 0.717) is 22.7 Å². The SMILES string of the molecule is CCc1c(C(=O)OC)nnn1Cc1ccc(Cl)cc1F. The first kappa shape index (κ1) is 14.5. The fraction of sp³-hybridized carbons (Fsp3) is 0.308. The molecule has 106 valence electrons. The van der Waals surface area contributed by atoms with Crippen molar-refractivity contribution in [3.8, 4) is 0 Å². The molecule has 1 aromatic heterocycles. The number of aromatic nitrogens is 3. The zero-order valence-electron chi connectivity index (χ0n) is 11.1. The van der Waals surface area contributed by atoms with E-state index >= 15 is 0 Å². The molecule has 5 nitrogen and oxygen atoms in total. The molecule has 0 atom stereocenters. The van der Waals surface area contributed by atoms with Crippen molar-refractivity contribution in [2.24, 2.45) is 0 Å². The smallest absolute Gasteiger partial charge is 0.360 e. The molecule has 0 aliphatic heterocycles. The minimum absolute atomic E-state index is 0.157. The van der Waals surface area contributed by atoms with Crippen LogP contribution in [0.3, 0.4) is 0 Å². The summed E-state index contributed by atoms with van der Waals surface area (Å²) in [5.74, 6) is -0.973. The van der Waals surface area contributed by atoms with Gasteiger partial charge in [-0.15, -0.1) is 5.10 Å². The highest BCUT2D eigenvalue weighted by molar-refractivity contribution is 6.30. The number of methoxy groups -OCH3 is 1. The summed E-state index contributed by atoms with van der Waals surface area (Å²) in [6.07, 6.45) is 0.534. The Bertz CT molecular complexity index is 643. The lowest BCUT2D eigenvalue weighted by Crippen LogP contribution is -2.10. The average Bonchev–Trinajstić information content (AvgIpc) is 2.83. The lowest BCUT2D eigenvalue weighted by atomic mass is 10.2. The van der Waals surface area contributed by atoms with Gasteiger partial charge in [0.05, 0.1) is 19.3 Å². The summed E-state index contributed by atoms with van der Waals surface area (Å²) in [6.45, 7) is 2.04. The molecule has 7 heteroatoms. The summed E-state index contributed by atoms with van der Waals surface area (Å²) in [7, 11) is 1.28. The van der Waals surface area contributed by atoms with Crippen molar-refractivity contribution in [1.82, 2.24) is 15.0 Å². The normalized spacial score (nSPS) is 10.6. The molecular formula is C13H13ClFN3O2. The van der Waals surface area contributed by atoms with Crippen molar-refractivity contribution in [3.63, 3.8) is 0 Å². The summed E-state index contributed by atoms with van der Waals surface area (Å²) < 4.78 is 19.9. The van der Waals surface area contributed by atoms with Crippen LogP contribution in [0.15, 0.2) is 18.2 Å². The number of carbonyl (C=O) groups is 1. The summed E-state index contributed by atoms with van der Waals surface area (Å²) in [6, 6.07) is 4.42. The minimum atomic E-state index is -0.551. The Kier molecular flexibility index (Phi) is 4.34. The fourth-order valence-electron chi connectivity index (χ4n) is 1.88. The van der Waals surface area contributed by atoms with Gasteiger partial charge in [0.1, 0.15) is 5.82 Å². The summed E-state index contributed by atoms with van der Waals surface area (Å²) in [5.41, 5.74) is 1.18. The van der Waals surface area contributed by atoms with Gasteiger partial charge >= 0.3 is 5.97 Å². The molecule has 20 heavy (non-hydrogen) atoms. The Balaban J connectivity index is 2.34. The molecule has 0 saturated carbocycles. The van der Waals surface area contributed by atoms with E-state index in [1.54, 1.807) is 12.1 Å². The number of hydrogen-bond acceptors (Lipinski definition) is 4. The first-order valence-corrected chi connectivity index (χ1v) is 6.39. The van der Waals surface area contributed by atoms with Crippen molar-refractivity contribution >= 4 is 17.6 Å². The zero-order valence-corrected chi connectivity index (χ0v) is 11.8.